The van der Waals surface area contributed by atoms with E-state index in [0.29, 0.717) is 0 Å². The second kappa shape index (κ2) is 6.55. The number of nitrogens with one attached hydrogen (secondary N) is 1. The van der Waals surface area contributed by atoms with Crippen molar-refractivity contribution < 1.29 is 26.3 Å². The van der Waals surface area contributed by atoms with Crippen LogP contribution in [-0.4, -0.2) is 36.5 Å². The van der Waals surface area contributed by atoms with Crippen molar-refractivity contribution in [2.24, 2.45) is 5.10 Å². The number of esters is 1. The Morgan fingerprint density at radius 1 is 1.60 bits per heavy atom. The van der Waals surface area contributed by atoms with E-state index >= 15 is 0 Å². The molecule has 0 aromatic carbocycles. The van der Waals surface area contributed by atoms with Crippen molar-refractivity contribution in [3.8, 4) is 0 Å². The van der Waals surface area contributed by atoms with Crippen LogP contribution in [0.2, 0.25) is 0 Å². The van der Waals surface area contributed by atoms with Crippen LogP contribution >= 0.6 is 7.60 Å². The molecule has 0 rings (SSSR count). The molecule has 0 saturated carbocycles. The highest BCUT2D eigenvalue weighted by molar-refractivity contribution is 7.74. The zero-order valence-corrected chi connectivity index (χ0v) is 9.52. The molecule has 3 atom stereocenters. The highest BCUT2D eigenvalue weighted by Gasteiger charge is 2.35. The number of carbonyl (C=O) groups excluding carboxylic acids is 1. The zero-order valence-electron chi connectivity index (χ0n) is 10.6. The predicted octanol–water partition coefficient (Wildman–Crippen LogP) is 0.304. The fourth-order valence-electron chi connectivity index (χ4n) is 0.683. The molecule has 0 amide bonds. The Kier molecular flexibility index (Phi) is 4.63. The predicted molar refractivity (Wildman–Crippen MR) is 54.6 cm³/mol. The first-order valence-electron chi connectivity index (χ1n) is 5.18. The summed E-state index contributed by atoms with van der Waals surface area (Å²) in [6, 6.07) is 0. The summed E-state index contributed by atoms with van der Waals surface area (Å²) in [6.45, 7) is -0.0594. The molecule has 0 aliphatic rings. The minimum absolute atomic E-state index is 0.891. The van der Waals surface area contributed by atoms with Gasteiger partial charge in [-0.1, -0.05) is 0 Å². The minimum Gasteiger partial charge on any atom is -0.461 e. The second-order valence-electron chi connectivity index (χ2n) is 2.16. The SMILES string of the molecule is [2H]C(C)OC(=O)C(=NNC)P(=O)(O)OC([2H])C. The summed E-state index contributed by atoms with van der Waals surface area (Å²) >= 11 is 0. The summed E-state index contributed by atoms with van der Waals surface area (Å²) in [6.07, 6.45) is 0. The van der Waals surface area contributed by atoms with Crippen LogP contribution in [-0.2, 0) is 18.6 Å². The van der Waals surface area contributed by atoms with Crippen LogP contribution in [0, 0.1) is 0 Å². The molecule has 15 heavy (non-hydrogen) atoms. The smallest absolute Gasteiger partial charge is 0.386 e. The van der Waals surface area contributed by atoms with Gasteiger partial charge in [0.05, 0.1) is 15.9 Å². The highest BCUT2D eigenvalue weighted by atomic mass is 31.2. The first-order chi connectivity index (χ1) is 7.70. The van der Waals surface area contributed by atoms with Crippen molar-refractivity contribution in [3.63, 3.8) is 0 Å². The maximum Gasteiger partial charge on any atom is 0.386 e. The molecule has 0 aliphatic carbocycles. The van der Waals surface area contributed by atoms with Crippen molar-refractivity contribution in [3.05, 3.63) is 0 Å². The molecule has 0 spiro atoms. The van der Waals surface area contributed by atoms with Crippen molar-refractivity contribution >= 4 is 19.0 Å². The average molecular weight is 240 g/mol. The lowest BCUT2D eigenvalue weighted by molar-refractivity contribution is -0.134. The molecule has 0 aromatic heterocycles. The summed E-state index contributed by atoms with van der Waals surface area (Å²) in [5, 5.41) is 3.29. The molecule has 0 aromatic rings. The summed E-state index contributed by atoms with van der Waals surface area (Å²) in [7, 11) is -3.24. The monoisotopic (exact) mass is 240 g/mol. The second-order valence-corrected chi connectivity index (χ2v) is 3.84. The van der Waals surface area contributed by atoms with Crippen LogP contribution in [0.25, 0.3) is 0 Å². The molecule has 0 fully saturated rings. The largest absolute Gasteiger partial charge is 0.461 e. The zero-order chi connectivity index (χ0) is 13.6. The molecular formula is C7H15N2O5P. The van der Waals surface area contributed by atoms with E-state index in [-0.39, 0.29) is 0 Å². The average Bonchev–Trinajstić information content (AvgIpc) is 2.10. The Bertz CT molecular complexity index is 347. The van der Waals surface area contributed by atoms with Crippen LogP contribution in [0.3, 0.4) is 0 Å². The summed E-state index contributed by atoms with van der Waals surface area (Å²) in [5.74, 6) is -1.24. The van der Waals surface area contributed by atoms with Gasteiger partial charge in [0.1, 0.15) is 0 Å². The van der Waals surface area contributed by atoms with E-state index in [9.17, 15) is 14.3 Å². The number of hydrogen-bond donors (Lipinski definition) is 2. The van der Waals surface area contributed by atoms with Crippen molar-refractivity contribution in [2.45, 2.75) is 13.8 Å². The Morgan fingerprint density at radius 3 is 2.60 bits per heavy atom. The molecule has 0 bridgehead atoms. The third-order valence-corrected chi connectivity index (χ3v) is 2.46. The van der Waals surface area contributed by atoms with Crippen molar-refractivity contribution in [1.82, 2.24) is 5.43 Å². The van der Waals surface area contributed by atoms with Gasteiger partial charge in [-0.25, -0.2) is 4.79 Å². The molecular weight excluding hydrogens is 223 g/mol. The highest BCUT2D eigenvalue weighted by Crippen LogP contribution is 2.43. The molecule has 7 nitrogen and oxygen atoms in total. The van der Waals surface area contributed by atoms with E-state index in [1.54, 1.807) is 0 Å². The van der Waals surface area contributed by atoms with Crippen LogP contribution in [0.5, 0.6) is 0 Å². The molecule has 0 saturated heterocycles. The Labute approximate surface area is 90.8 Å². The van der Waals surface area contributed by atoms with Crippen LogP contribution in [0.1, 0.15) is 16.6 Å². The molecule has 8 heteroatoms. The number of nitrogens with zero attached hydrogens (tertiary/aromatic N) is 1. The third-order valence-electron chi connectivity index (χ3n) is 1.14. The van der Waals surface area contributed by atoms with Crippen molar-refractivity contribution in [1.29, 1.82) is 0 Å². The topological polar surface area (TPSA) is 97.2 Å². The van der Waals surface area contributed by atoms with Gasteiger partial charge >= 0.3 is 13.6 Å². The van der Waals surface area contributed by atoms with Gasteiger partial charge in [0, 0.05) is 7.05 Å². The summed E-state index contributed by atoms with van der Waals surface area (Å²) in [4.78, 5) is 20.8. The van der Waals surface area contributed by atoms with Gasteiger partial charge in [0.2, 0.25) is 0 Å². The number of carbonyl (C=O) groups is 1. The lowest BCUT2D eigenvalue weighted by atomic mass is 10.7. The molecule has 3 unspecified atom stereocenters. The molecule has 0 aliphatic heterocycles. The van der Waals surface area contributed by atoms with Crippen LogP contribution < -0.4 is 5.43 Å². The number of hydrazone groups is 1. The number of hydrogen-bond acceptors (Lipinski definition) is 6. The van der Waals surface area contributed by atoms with Gasteiger partial charge < -0.3 is 19.6 Å². The van der Waals surface area contributed by atoms with E-state index in [1.165, 1.54) is 20.9 Å². The quantitative estimate of drug-likeness (QED) is 0.300. The van der Waals surface area contributed by atoms with Gasteiger partial charge in [-0.15, -0.1) is 0 Å². The standard InChI is InChI=1S/C7H15N2O5P/c1-4-13-7(10)6(9-8-3)15(11,12)14-5-2/h8H,4-5H2,1-3H3,(H,11,12)/i4D,5D. The third kappa shape index (κ3) is 4.42. The van der Waals surface area contributed by atoms with Crippen molar-refractivity contribution in [2.75, 3.05) is 20.2 Å². The Hall–Kier alpha value is -0.910. The van der Waals surface area contributed by atoms with Gasteiger partial charge in [-0.3, -0.25) is 4.57 Å². The summed E-state index contributed by atoms with van der Waals surface area (Å²) in [5.41, 5.74) is 1.26. The first kappa shape index (κ1) is 10.6. The molecule has 2 N–H and O–H groups in total. The van der Waals surface area contributed by atoms with Gasteiger partial charge in [0.25, 0.3) is 5.45 Å². The minimum atomic E-state index is -4.55. The lowest BCUT2D eigenvalue weighted by Crippen LogP contribution is -2.21. The number of rotatable bonds is 6. The van der Waals surface area contributed by atoms with E-state index in [0.717, 1.165) is 0 Å². The fraction of sp³-hybridized carbons (Fsp3) is 0.714. The van der Waals surface area contributed by atoms with Gasteiger partial charge in [-0.2, -0.15) is 5.10 Å². The Balaban J connectivity index is 5.04. The van der Waals surface area contributed by atoms with E-state index in [2.05, 4.69) is 19.8 Å². The maximum absolute atomic E-state index is 11.6. The van der Waals surface area contributed by atoms with Crippen LogP contribution in [0.15, 0.2) is 5.10 Å². The normalized spacial score (nSPS) is 21.7. The molecule has 0 radical (unpaired) electrons. The number of ether oxygens (including phenoxy) is 1. The maximum atomic E-state index is 11.6. The van der Waals surface area contributed by atoms with Gasteiger partial charge in [-0.05, 0) is 13.8 Å². The summed E-state index contributed by atoms with van der Waals surface area (Å²) < 4.78 is 34.5. The van der Waals surface area contributed by atoms with E-state index < -0.39 is 32.2 Å². The van der Waals surface area contributed by atoms with E-state index in [1.807, 2.05) is 0 Å². The molecule has 88 valence electrons. The molecule has 0 heterocycles. The lowest BCUT2D eigenvalue weighted by Gasteiger charge is -2.11. The van der Waals surface area contributed by atoms with Crippen LogP contribution in [0.4, 0.5) is 0 Å². The Morgan fingerprint density at radius 2 is 2.20 bits per heavy atom. The van der Waals surface area contributed by atoms with E-state index in [4.69, 9.17) is 2.74 Å². The van der Waals surface area contributed by atoms with Gasteiger partial charge in [0.15, 0.2) is 0 Å². The fourth-order valence-corrected chi connectivity index (χ4v) is 1.58. The first-order valence-corrected chi connectivity index (χ1v) is 5.60.